The number of morpholine rings is 1. The lowest BCUT2D eigenvalue weighted by molar-refractivity contribution is -0.115. The predicted molar refractivity (Wildman–Crippen MR) is 123 cm³/mol. The lowest BCUT2D eigenvalue weighted by Gasteiger charge is -2.28. The van der Waals surface area contributed by atoms with E-state index in [0.29, 0.717) is 0 Å². The maximum Gasteiger partial charge on any atom is 0.238 e. The summed E-state index contributed by atoms with van der Waals surface area (Å²) in [7, 11) is 0. The summed E-state index contributed by atoms with van der Waals surface area (Å²) in [5.41, 5.74) is 4.35. The van der Waals surface area contributed by atoms with Crippen molar-refractivity contribution in [2.75, 3.05) is 43.1 Å². The average Bonchev–Trinajstić information content (AvgIpc) is 3.31. The Morgan fingerprint density at radius 3 is 2.47 bits per heavy atom. The van der Waals surface area contributed by atoms with Gasteiger partial charge in [-0.2, -0.15) is 0 Å². The topological polar surface area (TPSA) is 53.6 Å². The van der Waals surface area contributed by atoms with Crippen LogP contribution in [0, 0.1) is 6.92 Å². The van der Waals surface area contributed by atoms with Crippen molar-refractivity contribution < 1.29 is 9.53 Å². The van der Waals surface area contributed by atoms with E-state index in [9.17, 15) is 4.79 Å². The van der Waals surface area contributed by atoms with E-state index in [0.717, 1.165) is 43.2 Å². The molecular weight excluding hydrogens is 394 g/mol. The first-order chi connectivity index (χ1) is 14.7. The van der Waals surface area contributed by atoms with Crippen LogP contribution in [0.3, 0.4) is 0 Å². The van der Waals surface area contributed by atoms with Crippen LogP contribution in [-0.4, -0.2) is 38.8 Å². The molecule has 1 amide bonds. The fourth-order valence-electron chi connectivity index (χ4n) is 3.57. The number of anilines is 2. The second-order valence-corrected chi connectivity index (χ2v) is 8.41. The summed E-state index contributed by atoms with van der Waals surface area (Å²) in [6.07, 6.45) is 0. The minimum atomic E-state index is -0.0530. The van der Waals surface area contributed by atoms with Gasteiger partial charge in [0.25, 0.3) is 0 Å². The number of benzene rings is 2. The van der Waals surface area contributed by atoms with Gasteiger partial charge in [0.05, 0.1) is 25.8 Å². The molecule has 0 spiro atoms. The fraction of sp³-hybridized carbons (Fsp3) is 0.292. The van der Waals surface area contributed by atoms with Crippen LogP contribution in [0.2, 0.25) is 0 Å². The van der Waals surface area contributed by atoms with Crippen molar-refractivity contribution in [2.24, 2.45) is 0 Å². The Kier molecular flexibility index (Phi) is 6.79. The second kappa shape index (κ2) is 9.89. The Morgan fingerprint density at radius 2 is 1.80 bits per heavy atom. The molecule has 0 bridgehead atoms. The van der Waals surface area contributed by atoms with Crippen LogP contribution < -0.4 is 15.5 Å². The highest BCUT2D eigenvalue weighted by molar-refractivity contribution is 7.10. The number of rotatable bonds is 7. The van der Waals surface area contributed by atoms with Gasteiger partial charge in [-0.05, 0) is 48.2 Å². The molecule has 30 heavy (non-hydrogen) atoms. The molecule has 2 heterocycles. The Bertz CT molecular complexity index is 934. The predicted octanol–water partition coefficient (Wildman–Crippen LogP) is 4.21. The first kappa shape index (κ1) is 20.6. The molecule has 0 unspecified atom stereocenters. The molecule has 6 heteroatoms. The minimum absolute atomic E-state index is 0.0000430. The number of ether oxygens (including phenoxy) is 1. The van der Waals surface area contributed by atoms with E-state index in [1.54, 1.807) is 11.3 Å². The molecule has 1 aliphatic heterocycles. The maximum absolute atomic E-state index is 12.6. The molecule has 1 fully saturated rings. The van der Waals surface area contributed by atoms with Gasteiger partial charge in [0, 0.05) is 29.3 Å². The molecule has 3 aromatic rings. The zero-order valence-corrected chi connectivity index (χ0v) is 18.0. The molecule has 5 nitrogen and oxygen atoms in total. The fourth-order valence-corrected chi connectivity index (χ4v) is 4.40. The van der Waals surface area contributed by atoms with Crippen molar-refractivity contribution in [3.05, 3.63) is 82.0 Å². The van der Waals surface area contributed by atoms with Crippen molar-refractivity contribution in [3.63, 3.8) is 0 Å². The van der Waals surface area contributed by atoms with Crippen LogP contribution in [0.1, 0.15) is 22.0 Å². The van der Waals surface area contributed by atoms with E-state index < -0.39 is 0 Å². The Hall–Kier alpha value is -2.67. The third-order valence-corrected chi connectivity index (χ3v) is 6.17. The third kappa shape index (κ3) is 5.27. The Morgan fingerprint density at radius 1 is 1.07 bits per heavy atom. The van der Waals surface area contributed by atoms with Gasteiger partial charge in [0.1, 0.15) is 0 Å². The number of hydrogen-bond acceptors (Lipinski definition) is 5. The molecule has 2 N–H and O–H groups in total. The zero-order valence-electron chi connectivity index (χ0n) is 17.1. The van der Waals surface area contributed by atoms with Crippen LogP contribution in [0.25, 0.3) is 0 Å². The van der Waals surface area contributed by atoms with Crippen LogP contribution in [0.4, 0.5) is 11.4 Å². The van der Waals surface area contributed by atoms with Crippen LogP contribution in [-0.2, 0) is 9.53 Å². The highest BCUT2D eigenvalue weighted by Gasteiger charge is 2.16. The first-order valence-corrected chi connectivity index (χ1v) is 11.1. The number of aryl methyl sites for hydroxylation is 1. The largest absolute Gasteiger partial charge is 0.378 e. The molecule has 2 aromatic carbocycles. The summed E-state index contributed by atoms with van der Waals surface area (Å²) in [4.78, 5) is 16.1. The smallest absolute Gasteiger partial charge is 0.238 e. The summed E-state index contributed by atoms with van der Waals surface area (Å²) < 4.78 is 5.40. The lowest BCUT2D eigenvalue weighted by Crippen LogP contribution is -2.36. The van der Waals surface area contributed by atoms with E-state index in [1.807, 2.05) is 18.2 Å². The molecule has 1 atom stereocenters. The van der Waals surface area contributed by atoms with Crippen molar-refractivity contribution in [1.82, 2.24) is 5.32 Å². The number of carbonyl (C=O) groups excluding carboxylic acids is 1. The quantitative estimate of drug-likeness (QED) is 0.600. The van der Waals surface area contributed by atoms with Crippen molar-refractivity contribution in [3.8, 4) is 0 Å². The zero-order chi connectivity index (χ0) is 20.8. The number of hydrogen-bond donors (Lipinski definition) is 2. The number of thiophene rings is 1. The van der Waals surface area contributed by atoms with Crippen molar-refractivity contribution in [2.45, 2.75) is 13.0 Å². The van der Waals surface area contributed by atoms with Crippen LogP contribution >= 0.6 is 11.3 Å². The summed E-state index contributed by atoms with van der Waals surface area (Å²) in [5, 5.41) is 8.47. The van der Waals surface area contributed by atoms with Gasteiger partial charge >= 0.3 is 0 Å². The standard InChI is InChI=1S/C24H27N3O2S/c1-18-4-6-19(7-5-18)24(22-3-2-16-30-22)25-17-23(28)26-20-8-10-21(11-9-20)27-12-14-29-15-13-27/h2-11,16,24-25H,12-15,17H2,1H3,(H,26,28)/t24-/m0/s1. The van der Waals surface area contributed by atoms with Gasteiger partial charge in [-0.3, -0.25) is 10.1 Å². The normalized spacial score (nSPS) is 15.0. The van der Waals surface area contributed by atoms with Gasteiger partial charge in [-0.1, -0.05) is 35.9 Å². The second-order valence-electron chi connectivity index (χ2n) is 7.43. The SMILES string of the molecule is Cc1ccc([C@H](NCC(=O)Nc2ccc(N3CCOCC3)cc2)c2cccs2)cc1. The van der Waals surface area contributed by atoms with Crippen LogP contribution in [0.15, 0.2) is 66.0 Å². The van der Waals surface area contributed by atoms with E-state index >= 15 is 0 Å². The van der Waals surface area contributed by atoms with Crippen LogP contribution in [0.5, 0.6) is 0 Å². The third-order valence-electron chi connectivity index (χ3n) is 5.23. The van der Waals surface area contributed by atoms with Gasteiger partial charge in [0.15, 0.2) is 0 Å². The molecule has 156 valence electrons. The average molecular weight is 422 g/mol. The number of carbonyl (C=O) groups is 1. The number of amides is 1. The summed E-state index contributed by atoms with van der Waals surface area (Å²) >= 11 is 1.69. The Labute approximate surface area is 181 Å². The molecule has 0 aliphatic carbocycles. The Balaban J connectivity index is 1.36. The molecule has 1 saturated heterocycles. The number of nitrogens with one attached hydrogen (secondary N) is 2. The van der Waals surface area contributed by atoms with Gasteiger partial charge in [-0.15, -0.1) is 11.3 Å². The summed E-state index contributed by atoms with van der Waals surface area (Å²) in [6, 6.07) is 20.6. The highest BCUT2D eigenvalue weighted by Crippen LogP contribution is 2.26. The molecule has 1 aliphatic rings. The van der Waals surface area contributed by atoms with E-state index in [2.05, 4.69) is 70.3 Å². The lowest BCUT2D eigenvalue weighted by atomic mass is 10.0. The van der Waals surface area contributed by atoms with Crippen molar-refractivity contribution >= 4 is 28.6 Å². The monoisotopic (exact) mass is 421 g/mol. The van der Waals surface area contributed by atoms with Gasteiger partial charge in [0.2, 0.25) is 5.91 Å². The molecule has 0 saturated carbocycles. The van der Waals surface area contributed by atoms with E-state index in [1.165, 1.54) is 10.4 Å². The molecular formula is C24H27N3O2S. The first-order valence-electron chi connectivity index (χ1n) is 10.2. The minimum Gasteiger partial charge on any atom is -0.378 e. The molecule has 4 rings (SSSR count). The highest BCUT2D eigenvalue weighted by atomic mass is 32.1. The summed E-state index contributed by atoms with van der Waals surface area (Å²) in [6.45, 7) is 5.64. The number of nitrogens with zero attached hydrogens (tertiary/aromatic N) is 1. The van der Waals surface area contributed by atoms with Gasteiger partial charge in [-0.25, -0.2) is 0 Å². The van der Waals surface area contributed by atoms with Gasteiger partial charge < -0.3 is 15.0 Å². The van der Waals surface area contributed by atoms with E-state index in [-0.39, 0.29) is 18.5 Å². The maximum atomic E-state index is 12.6. The molecule has 0 radical (unpaired) electrons. The summed E-state index contributed by atoms with van der Waals surface area (Å²) in [5.74, 6) is -0.0530. The molecule has 1 aromatic heterocycles. The van der Waals surface area contributed by atoms with Crippen molar-refractivity contribution in [1.29, 1.82) is 0 Å². The van der Waals surface area contributed by atoms with E-state index in [4.69, 9.17) is 4.74 Å².